The minimum absolute atomic E-state index is 0.0573. The number of thiol groups is 1. The lowest BCUT2D eigenvalue weighted by Gasteiger charge is -2.33. The average Bonchev–Trinajstić information content (AvgIpc) is 3.21. The van der Waals surface area contributed by atoms with Gasteiger partial charge >= 0.3 is 17.9 Å². The summed E-state index contributed by atoms with van der Waals surface area (Å²) in [5.74, 6) is -4.60. The smallest absolute Gasteiger partial charge is 0.328 e. The fourth-order valence-corrected chi connectivity index (χ4v) is 7.01. The lowest BCUT2D eigenvalue weighted by atomic mass is 10.0. The maximum absolute atomic E-state index is 13.6. The van der Waals surface area contributed by atoms with E-state index in [2.05, 4.69) is 31.8 Å². The molecule has 1 unspecified atom stereocenters. The number of ether oxygens (including phenoxy) is 2. The topological polar surface area (TPSA) is 206 Å². The third-order valence-electron chi connectivity index (χ3n) is 10.5. The van der Waals surface area contributed by atoms with Crippen molar-refractivity contribution in [2.75, 3.05) is 32.1 Å². The summed E-state index contributed by atoms with van der Waals surface area (Å²) in [6, 6.07) is -4.55. The molecule has 0 saturated heterocycles. The van der Waals surface area contributed by atoms with E-state index in [1.54, 1.807) is 0 Å². The minimum atomic E-state index is -1.82. The quantitative estimate of drug-likeness (QED) is 0.0203. The van der Waals surface area contributed by atoms with Gasteiger partial charge in [-0.3, -0.25) is 19.2 Å². The Morgan fingerprint density at radius 2 is 1.02 bits per heavy atom. The number of nitrogens with zero attached hydrogens (tertiary/aromatic N) is 1. The molecule has 0 saturated carbocycles. The predicted molar refractivity (Wildman–Crippen MR) is 233 cm³/mol. The number of unbranched alkanes of at least 4 members (excludes halogenated alkanes) is 24. The van der Waals surface area contributed by atoms with Gasteiger partial charge in [-0.1, -0.05) is 168 Å². The van der Waals surface area contributed by atoms with E-state index in [-0.39, 0.29) is 18.6 Å². The average molecular weight is 846 g/mol. The molecule has 6 N–H and O–H groups in total. The number of nitrogens with two attached hydrogens (primary N) is 1. The summed E-state index contributed by atoms with van der Waals surface area (Å²) < 4.78 is 11.1. The van der Waals surface area contributed by atoms with Crippen molar-refractivity contribution < 1.29 is 48.8 Å². The van der Waals surface area contributed by atoms with Gasteiger partial charge in [0.05, 0.1) is 25.8 Å². The SMILES string of the molecule is CCCCCCCCCCCCCCCC(=O)OCC(CN(C(=O)[C@H](CO)NC(=O)[C@@H](N)CS)[C@@H](CO)C(=O)O)OC(=O)CCCCCCCCCCCCCCC. The maximum atomic E-state index is 13.6. The van der Waals surface area contributed by atoms with Crippen LogP contribution in [0.1, 0.15) is 194 Å². The van der Waals surface area contributed by atoms with Gasteiger partial charge in [-0.2, -0.15) is 12.6 Å². The Morgan fingerprint density at radius 1 is 0.621 bits per heavy atom. The molecule has 13 nitrogen and oxygen atoms in total. The van der Waals surface area contributed by atoms with Gasteiger partial charge in [0.25, 0.3) is 0 Å². The number of esters is 2. The van der Waals surface area contributed by atoms with Crippen LogP contribution in [-0.4, -0.2) is 106 Å². The van der Waals surface area contributed by atoms with Crippen LogP contribution in [0.5, 0.6) is 0 Å². The molecular formula is C44H83N3O10S. The normalized spacial score (nSPS) is 13.3. The molecule has 0 spiro atoms. The van der Waals surface area contributed by atoms with E-state index in [4.69, 9.17) is 15.2 Å². The molecule has 0 aromatic heterocycles. The fraction of sp³-hybridized carbons (Fsp3) is 0.886. The molecule has 14 heteroatoms. The van der Waals surface area contributed by atoms with E-state index in [0.717, 1.165) is 44.9 Å². The van der Waals surface area contributed by atoms with Gasteiger partial charge < -0.3 is 40.7 Å². The first-order valence-corrected chi connectivity index (χ1v) is 23.5. The van der Waals surface area contributed by atoms with Crippen molar-refractivity contribution in [3.8, 4) is 0 Å². The molecule has 0 aromatic rings. The highest BCUT2D eigenvalue weighted by molar-refractivity contribution is 7.80. The molecule has 4 atom stereocenters. The second-order valence-corrected chi connectivity index (χ2v) is 16.2. The number of rotatable bonds is 41. The lowest BCUT2D eigenvalue weighted by molar-refractivity contribution is -0.165. The first-order valence-electron chi connectivity index (χ1n) is 22.8. The zero-order valence-corrected chi connectivity index (χ0v) is 37.2. The zero-order chi connectivity index (χ0) is 43.2. The summed E-state index contributed by atoms with van der Waals surface area (Å²) in [5, 5.41) is 32.1. The van der Waals surface area contributed by atoms with Crippen LogP contribution >= 0.6 is 12.6 Å². The Balaban J connectivity index is 5.24. The molecule has 0 fully saturated rings. The van der Waals surface area contributed by atoms with Crippen LogP contribution in [0.4, 0.5) is 0 Å². The first-order chi connectivity index (χ1) is 28.1. The Kier molecular flexibility index (Phi) is 37.1. The van der Waals surface area contributed by atoms with Crippen LogP contribution in [0.15, 0.2) is 0 Å². The van der Waals surface area contributed by atoms with E-state index in [0.29, 0.717) is 17.7 Å². The number of amides is 2. The van der Waals surface area contributed by atoms with Crippen LogP contribution in [0.3, 0.4) is 0 Å². The molecule has 0 rings (SSSR count). The van der Waals surface area contributed by atoms with Crippen LogP contribution in [0.2, 0.25) is 0 Å². The molecule has 0 bridgehead atoms. The monoisotopic (exact) mass is 846 g/mol. The summed E-state index contributed by atoms with van der Waals surface area (Å²) in [5.41, 5.74) is 5.70. The number of carbonyl (C=O) groups is 5. The van der Waals surface area contributed by atoms with Crippen molar-refractivity contribution in [2.45, 2.75) is 218 Å². The van der Waals surface area contributed by atoms with Gasteiger partial charge in [-0.15, -0.1) is 0 Å². The summed E-state index contributed by atoms with van der Waals surface area (Å²) >= 11 is 3.97. The number of aliphatic carboxylic acids is 1. The van der Waals surface area contributed by atoms with Gasteiger partial charge in [0.2, 0.25) is 11.8 Å². The Hall–Kier alpha value is -2.42. The Bertz CT molecular complexity index is 1070. The Morgan fingerprint density at radius 3 is 1.38 bits per heavy atom. The van der Waals surface area contributed by atoms with Crippen LogP contribution in [0, 0.1) is 0 Å². The van der Waals surface area contributed by atoms with Crippen molar-refractivity contribution in [1.82, 2.24) is 10.2 Å². The zero-order valence-electron chi connectivity index (χ0n) is 36.3. The molecule has 0 heterocycles. The number of carbonyl (C=O) groups excluding carboxylic acids is 4. The molecule has 340 valence electrons. The van der Waals surface area contributed by atoms with Gasteiger partial charge in [-0.05, 0) is 12.8 Å². The van der Waals surface area contributed by atoms with Crippen LogP contribution in [0.25, 0.3) is 0 Å². The van der Waals surface area contributed by atoms with E-state index < -0.39 is 80.3 Å². The van der Waals surface area contributed by atoms with E-state index in [1.165, 1.54) is 109 Å². The fourth-order valence-electron chi connectivity index (χ4n) is 6.85. The van der Waals surface area contributed by atoms with Crippen LogP contribution < -0.4 is 11.1 Å². The van der Waals surface area contributed by atoms with E-state index in [1.807, 2.05) is 0 Å². The molecule has 0 aliphatic carbocycles. The standard InChI is InChI=1S/C44H83N3O10S/c1-3-5-7-9-11-13-15-17-19-21-23-25-27-29-40(50)56-34-36(57-41(51)30-28-26-24-22-20-18-16-14-12-10-8-6-4-2)31-47(39(33-49)44(54)55)43(53)38(32-48)46-42(52)37(45)35-58/h36-39,48-49,58H,3-35,45H2,1-2H3,(H,46,52)(H,54,55)/t36?,37-,38-,39-/m0/s1. The second-order valence-electron chi connectivity index (χ2n) is 15.8. The molecule has 0 radical (unpaired) electrons. The second kappa shape index (κ2) is 38.8. The summed E-state index contributed by atoms with van der Waals surface area (Å²) in [6.07, 6.45) is 28.9. The summed E-state index contributed by atoms with van der Waals surface area (Å²) in [4.78, 5) is 64.7. The predicted octanol–water partition coefficient (Wildman–Crippen LogP) is 7.41. The number of carboxylic acids is 1. The molecule has 0 aliphatic heterocycles. The molecular weight excluding hydrogens is 763 g/mol. The first kappa shape index (κ1) is 55.6. The van der Waals surface area contributed by atoms with Gasteiger partial charge in [0, 0.05) is 18.6 Å². The largest absolute Gasteiger partial charge is 0.480 e. The maximum Gasteiger partial charge on any atom is 0.328 e. The summed E-state index contributed by atoms with van der Waals surface area (Å²) in [7, 11) is 0. The molecule has 0 aliphatic rings. The highest BCUT2D eigenvalue weighted by atomic mass is 32.1. The third-order valence-corrected chi connectivity index (χ3v) is 10.9. The lowest BCUT2D eigenvalue weighted by Crippen LogP contribution is -2.60. The number of aliphatic hydroxyl groups excluding tert-OH is 2. The van der Waals surface area contributed by atoms with Gasteiger partial charge in [0.15, 0.2) is 12.1 Å². The van der Waals surface area contributed by atoms with Crippen molar-refractivity contribution in [3.63, 3.8) is 0 Å². The van der Waals surface area contributed by atoms with Crippen LogP contribution in [-0.2, 0) is 33.4 Å². The number of carboxylic acid groups (broad SMARTS) is 1. The highest BCUT2D eigenvalue weighted by Gasteiger charge is 2.37. The van der Waals surface area contributed by atoms with Crippen molar-refractivity contribution in [3.05, 3.63) is 0 Å². The number of hydrogen-bond donors (Lipinski definition) is 6. The van der Waals surface area contributed by atoms with Gasteiger partial charge in [0.1, 0.15) is 12.6 Å². The highest BCUT2D eigenvalue weighted by Crippen LogP contribution is 2.16. The third kappa shape index (κ3) is 29.7. The molecule has 0 aromatic carbocycles. The van der Waals surface area contributed by atoms with Gasteiger partial charge in [-0.25, -0.2) is 4.79 Å². The van der Waals surface area contributed by atoms with E-state index in [9.17, 15) is 39.3 Å². The molecule has 2 amide bonds. The van der Waals surface area contributed by atoms with Crippen molar-refractivity contribution in [2.24, 2.45) is 5.73 Å². The van der Waals surface area contributed by atoms with E-state index >= 15 is 0 Å². The van der Waals surface area contributed by atoms with Crippen molar-refractivity contribution in [1.29, 1.82) is 0 Å². The Labute approximate surface area is 356 Å². The number of aliphatic hydroxyl groups is 2. The number of nitrogens with one attached hydrogen (secondary N) is 1. The number of hydrogen-bond acceptors (Lipinski definition) is 11. The molecule has 58 heavy (non-hydrogen) atoms. The van der Waals surface area contributed by atoms with Crippen molar-refractivity contribution >= 4 is 42.4 Å². The minimum Gasteiger partial charge on any atom is -0.480 e. The summed E-state index contributed by atoms with van der Waals surface area (Å²) in [6.45, 7) is 1.49.